The molecule has 10 nitrogen and oxygen atoms in total. The molecule has 0 unspecified atom stereocenters. The number of anilines is 3. The summed E-state index contributed by atoms with van der Waals surface area (Å²) in [6.45, 7) is 6.50. The first kappa shape index (κ1) is 44.3. The Hall–Kier alpha value is -3.84. The molecule has 0 amide bonds. The summed E-state index contributed by atoms with van der Waals surface area (Å²) in [7, 11) is -1.93. The van der Waals surface area contributed by atoms with E-state index in [2.05, 4.69) is 48.3 Å². The second kappa shape index (κ2) is 21.0. The molecule has 286 valence electrons. The van der Waals surface area contributed by atoms with Crippen LogP contribution in [0.1, 0.15) is 76.6 Å². The van der Waals surface area contributed by atoms with Crippen molar-refractivity contribution in [3.05, 3.63) is 90.1 Å². The minimum atomic E-state index is -3.23. The Morgan fingerprint density at radius 3 is 1.23 bits per heavy atom. The van der Waals surface area contributed by atoms with Crippen LogP contribution in [0.15, 0.2) is 86.0 Å². The quantitative estimate of drug-likeness (QED) is 0.0852. The average molecular weight is 797 g/mol. The van der Waals surface area contributed by atoms with E-state index in [1.807, 2.05) is 42.5 Å². The van der Waals surface area contributed by atoms with Crippen molar-refractivity contribution in [1.82, 2.24) is 0 Å². The van der Waals surface area contributed by atoms with Gasteiger partial charge in [-0.1, -0.05) is 40.0 Å². The fourth-order valence-corrected chi connectivity index (χ4v) is 5.59. The summed E-state index contributed by atoms with van der Waals surface area (Å²) in [4.78, 5) is 0. The highest BCUT2D eigenvalue weighted by Gasteiger charge is 2.07. The van der Waals surface area contributed by atoms with Crippen LogP contribution in [0, 0.1) is 0 Å². The number of halogens is 2. The lowest BCUT2D eigenvalue weighted by molar-refractivity contribution is 0.536. The number of hydrogen-bond acceptors (Lipinski definition) is 9. The van der Waals surface area contributed by atoms with Gasteiger partial charge in [0.15, 0.2) is 0 Å². The number of rotatable bonds is 11. The van der Waals surface area contributed by atoms with Crippen LogP contribution in [0.4, 0.5) is 17.1 Å². The highest BCUT2D eigenvalue weighted by molar-refractivity contribution is 8.13. The first-order valence-corrected chi connectivity index (χ1v) is 21.6. The Bertz CT molecular complexity index is 2120. The number of hydrogen-bond donors (Lipinski definition) is 3. The number of sulfonamides is 1. The molecule has 6 rings (SSSR count). The van der Waals surface area contributed by atoms with Gasteiger partial charge in [-0.3, -0.25) is 4.72 Å². The number of nitrogens with one attached hydrogen (secondary N) is 1. The van der Waals surface area contributed by atoms with Gasteiger partial charge < -0.3 is 24.7 Å². The first-order chi connectivity index (χ1) is 24.1. The topological polar surface area (TPSA) is 172 Å². The second-order valence-corrected chi connectivity index (χ2v) is 17.1. The molecule has 52 heavy (non-hydrogen) atoms. The van der Waals surface area contributed by atoms with Crippen LogP contribution in [0.5, 0.6) is 0 Å². The summed E-state index contributed by atoms with van der Waals surface area (Å²) in [5.41, 5.74) is 16.2. The van der Waals surface area contributed by atoms with Gasteiger partial charge >= 0.3 is 0 Å². The molecular formula is C38H51Cl2N3O7S2. The van der Waals surface area contributed by atoms with Crippen molar-refractivity contribution in [2.24, 2.45) is 0 Å². The van der Waals surface area contributed by atoms with Gasteiger partial charge in [0.05, 0.1) is 12.5 Å². The number of unbranched alkanes of at least 4 members (excludes halogenated alkanes) is 3. The number of nitrogen functional groups attached to an aromatic ring is 2. The van der Waals surface area contributed by atoms with Crippen molar-refractivity contribution in [2.45, 2.75) is 78.6 Å². The average Bonchev–Trinajstić information content (AvgIpc) is 3.76. The van der Waals surface area contributed by atoms with Crippen molar-refractivity contribution in [1.29, 1.82) is 0 Å². The maximum Gasteiger partial charge on any atom is 0.229 e. The third kappa shape index (κ3) is 16.2. The lowest BCUT2D eigenvalue weighted by Gasteiger charge is -2.02. The normalized spacial score (nSPS) is 11.1. The fraction of sp³-hybridized carbons (Fsp3) is 0.368. The molecule has 14 heteroatoms. The summed E-state index contributed by atoms with van der Waals surface area (Å²) >= 11 is 0. The molecule has 0 radical (unpaired) electrons. The van der Waals surface area contributed by atoms with Crippen LogP contribution in [0.25, 0.3) is 32.9 Å². The van der Waals surface area contributed by atoms with Crippen molar-refractivity contribution in [3.8, 4) is 0 Å². The Kier molecular flexibility index (Phi) is 17.9. The van der Waals surface area contributed by atoms with Gasteiger partial charge in [-0.25, -0.2) is 16.8 Å². The highest BCUT2D eigenvalue weighted by atomic mass is 35.7. The van der Waals surface area contributed by atoms with E-state index in [9.17, 15) is 16.8 Å². The fourth-order valence-electron chi connectivity index (χ4n) is 5.03. The van der Waals surface area contributed by atoms with Gasteiger partial charge in [0.2, 0.25) is 19.1 Å². The van der Waals surface area contributed by atoms with E-state index in [-0.39, 0.29) is 12.4 Å². The monoisotopic (exact) mass is 795 g/mol. The minimum Gasteiger partial charge on any atom is -0.461 e. The number of benzene rings is 3. The van der Waals surface area contributed by atoms with E-state index in [1.165, 1.54) is 25.7 Å². The smallest absolute Gasteiger partial charge is 0.229 e. The first-order valence-electron chi connectivity index (χ1n) is 17.0. The number of fused-ring (bicyclic) bond motifs is 3. The Balaban J connectivity index is 0.000000253. The SMILES string of the molecule is CCCCc1cc2cc(N)ccc2o1.CCCCc1cc2cc(N)ccc2o1.CCCCc1cc2cc(NS(C)(=O)=O)ccc2o1.CS(=O)(=O)Cl.Cl. The summed E-state index contributed by atoms with van der Waals surface area (Å²) in [6.07, 6.45) is 12.0. The maximum absolute atomic E-state index is 11.1. The summed E-state index contributed by atoms with van der Waals surface area (Å²) < 4.78 is 60.6. The van der Waals surface area contributed by atoms with E-state index < -0.39 is 19.1 Å². The van der Waals surface area contributed by atoms with Gasteiger partial charge in [-0.05, 0) is 92.1 Å². The molecule has 0 atom stereocenters. The molecule has 0 spiro atoms. The lowest BCUT2D eigenvalue weighted by atomic mass is 10.2. The molecule has 3 aromatic heterocycles. The predicted molar refractivity (Wildman–Crippen MR) is 220 cm³/mol. The molecule has 0 aliphatic carbocycles. The van der Waals surface area contributed by atoms with E-state index in [4.69, 9.17) is 24.7 Å². The molecule has 6 aromatic rings. The minimum absolute atomic E-state index is 0. The van der Waals surface area contributed by atoms with Crippen molar-refractivity contribution >= 4 is 92.1 Å². The Morgan fingerprint density at radius 2 is 0.904 bits per heavy atom. The molecule has 0 aliphatic rings. The number of aryl methyl sites for hydroxylation is 3. The zero-order valence-electron chi connectivity index (χ0n) is 30.4. The van der Waals surface area contributed by atoms with E-state index in [0.717, 1.165) is 106 Å². The van der Waals surface area contributed by atoms with Crippen molar-refractivity contribution < 1.29 is 30.1 Å². The van der Waals surface area contributed by atoms with Crippen LogP contribution in [-0.2, 0) is 38.3 Å². The summed E-state index contributed by atoms with van der Waals surface area (Å²) in [5, 5.41) is 3.14. The van der Waals surface area contributed by atoms with Gasteiger partial charge in [0.1, 0.15) is 34.0 Å². The highest BCUT2D eigenvalue weighted by Crippen LogP contribution is 2.25. The van der Waals surface area contributed by atoms with Crippen LogP contribution in [-0.4, -0.2) is 29.3 Å². The predicted octanol–water partition coefficient (Wildman–Crippen LogP) is 10.5. The van der Waals surface area contributed by atoms with Crippen LogP contribution >= 0.6 is 23.1 Å². The third-order valence-electron chi connectivity index (χ3n) is 7.38. The zero-order valence-corrected chi connectivity index (χ0v) is 33.6. The molecule has 0 fully saturated rings. The largest absolute Gasteiger partial charge is 0.461 e. The van der Waals surface area contributed by atoms with E-state index >= 15 is 0 Å². The molecule has 0 saturated carbocycles. The number of nitrogens with two attached hydrogens (primary N) is 2. The van der Waals surface area contributed by atoms with Crippen molar-refractivity contribution in [2.75, 3.05) is 28.7 Å². The molecule has 5 N–H and O–H groups in total. The van der Waals surface area contributed by atoms with Gasteiger partial charge in [0, 0.05) is 63.2 Å². The second-order valence-electron chi connectivity index (χ2n) is 12.4. The van der Waals surface area contributed by atoms with Gasteiger partial charge in [-0.15, -0.1) is 12.4 Å². The molecule has 3 aromatic carbocycles. The third-order valence-corrected chi connectivity index (χ3v) is 7.99. The lowest BCUT2D eigenvalue weighted by Crippen LogP contribution is -2.09. The molecule has 0 aliphatic heterocycles. The van der Waals surface area contributed by atoms with E-state index in [0.29, 0.717) is 5.69 Å². The summed E-state index contributed by atoms with van der Waals surface area (Å²) in [5.74, 6) is 3.07. The molecule has 3 heterocycles. The Morgan fingerprint density at radius 1 is 0.577 bits per heavy atom. The van der Waals surface area contributed by atoms with Crippen LogP contribution < -0.4 is 16.2 Å². The zero-order chi connectivity index (χ0) is 37.6. The van der Waals surface area contributed by atoms with E-state index in [1.54, 1.807) is 18.2 Å². The van der Waals surface area contributed by atoms with Crippen LogP contribution in [0.3, 0.4) is 0 Å². The number of furan rings is 3. The standard InChI is InChI=1S/C13H17NO3S.2C12H15NO.CH3ClO2S.ClH/c1-3-4-5-12-9-10-8-11(14-18(2,15)16)6-7-13(10)17-12;2*1-2-3-4-11-8-9-7-10(13)5-6-12(9)14-11;1-5(2,3)4;/h6-9,14H,3-5H2,1-2H3;2*5-8H,2-4,13H2,1H3;1H3;1H. The maximum atomic E-state index is 11.1. The van der Waals surface area contributed by atoms with Crippen molar-refractivity contribution in [3.63, 3.8) is 0 Å². The summed E-state index contributed by atoms with van der Waals surface area (Å²) in [6, 6.07) is 22.9. The Labute approximate surface area is 318 Å². The molecule has 0 bridgehead atoms. The van der Waals surface area contributed by atoms with Crippen LogP contribution in [0.2, 0.25) is 0 Å². The molecule has 0 saturated heterocycles. The van der Waals surface area contributed by atoms with Gasteiger partial charge in [-0.2, -0.15) is 0 Å². The van der Waals surface area contributed by atoms with Gasteiger partial charge in [0.25, 0.3) is 0 Å². The molecular weight excluding hydrogens is 745 g/mol.